The van der Waals surface area contributed by atoms with E-state index in [1.54, 1.807) is 7.11 Å². The maximum absolute atomic E-state index is 12.5. The number of piperidine rings is 1. The van der Waals surface area contributed by atoms with Crippen molar-refractivity contribution >= 4 is 0 Å². The summed E-state index contributed by atoms with van der Waals surface area (Å²) in [6.07, 6.45) is 17.0. The van der Waals surface area contributed by atoms with Crippen molar-refractivity contribution in [3.8, 4) is 11.5 Å². The van der Waals surface area contributed by atoms with Gasteiger partial charge >= 0.3 is 0 Å². The third kappa shape index (κ3) is 3.24. The lowest BCUT2D eigenvalue weighted by Crippen LogP contribution is -2.82. The van der Waals surface area contributed by atoms with E-state index in [9.17, 15) is 5.11 Å². The van der Waals surface area contributed by atoms with Crippen LogP contribution in [-0.4, -0.2) is 60.7 Å². The molecule has 2 spiro atoms. The van der Waals surface area contributed by atoms with Crippen LogP contribution in [0.15, 0.2) is 12.1 Å². The normalized spacial score (nSPS) is 42.1. The molecule has 6 fully saturated rings. The highest BCUT2D eigenvalue weighted by molar-refractivity contribution is 5.63. The fourth-order valence-corrected chi connectivity index (χ4v) is 11.4. The third-order valence-electron chi connectivity index (χ3n) is 13.4. The Bertz CT molecular complexity index is 1140. The molecule has 1 aromatic carbocycles. The van der Waals surface area contributed by atoms with Crippen molar-refractivity contribution in [3.05, 3.63) is 23.3 Å². The Kier molecular flexibility index (Phi) is 5.61. The van der Waals surface area contributed by atoms with Crippen LogP contribution in [0.1, 0.15) is 102 Å². The number of benzene rings is 1. The van der Waals surface area contributed by atoms with E-state index in [0.717, 1.165) is 68.4 Å². The van der Waals surface area contributed by atoms with Crippen LogP contribution in [-0.2, 0) is 16.6 Å². The minimum absolute atomic E-state index is 0.0423. The summed E-state index contributed by atoms with van der Waals surface area (Å²) in [7, 11) is 3.69. The van der Waals surface area contributed by atoms with Crippen LogP contribution >= 0.6 is 0 Å². The van der Waals surface area contributed by atoms with Crippen molar-refractivity contribution in [2.24, 2.45) is 23.2 Å². The molecule has 9 rings (SSSR count). The van der Waals surface area contributed by atoms with E-state index >= 15 is 0 Å². The van der Waals surface area contributed by atoms with Gasteiger partial charge in [0.2, 0.25) is 0 Å². The second-order valence-electron chi connectivity index (χ2n) is 15.0. The van der Waals surface area contributed by atoms with Gasteiger partial charge in [0.05, 0.1) is 12.7 Å². The van der Waals surface area contributed by atoms with E-state index in [-0.39, 0.29) is 22.9 Å². The SMILES string of the molecule is COc1ccc2c3c1O[C@H]1[C@@]4(OC)CC[C@@]5(C[C@@H]4[C@](C)(O)CCC4CCCCC4)[C@@H](C2)N(CC2CC2)CC[C@]315. The zero-order valence-corrected chi connectivity index (χ0v) is 24.5. The van der Waals surface area contributed by atoms with Crippen LogP contribution in [0.2, 0.25) is 0 Å². The fraction of sp³-hybridized carbons (Fsp3) is 0.824. The molecule has 1 N–H and O–H groups in total. The Morgan fingerprint density at radius 2 is 1.87 bits per heavy atom. The molecule has 6 aliphatic carbocycles. The number of hydrogen-bond acceptors (Lipinski definition) is 5. The van der Waals surface area contributed by atoms with E-state index in [2.05, 4.69) is 24.0 Å². The summed E-state index contributed by atoms with van der Waals surface area (Å²) < 4.78 is 19.8. The summed E-state index contributed by atoms with van der Waals surface area (Å²) in [5, 5.41) is 12.5. The van der Waals surface area contributed by atoms with Crippen molar-refractivity contribution in [2.75, 3.05) is 27.3 Å². The third-order valence-corrected chi connectivity index (χ3v) is 13.4. The first-order valence-corrected chi connectivity index (χ1v) is 16.3. The molecule has 5 saturated carbocycles. The highest BCUT2D eigenvalue weighted by atomic mass is 16.6. The molecule has 0 amide bonds. The van der Waals surface area contributed by atoms with E-state index in [1.165, 1.54) is 69.0 Å². The molecule has 39 heavy (non-hydrogen) atoms. The number of nitrogens with zero attached hydrogens (tertiary/aromatic N) is 1. The molecule has 2 aliphatic heterocycles. The Balaban J connectivity index is 1.24. The molecule has 8 aliphatic rings. The average Bonchev–Trinajstić information content (AvgIpc) is 3.70. The molecule has 2 heterocycles. The van der Waals surface area contributed by atoms with Crippen molar-refractivity contribution in [2.45, 2.75) is 126 Å². The number of hydrogen-bond donors (Lipinski definition) is 1. The Hall–Kier alpha value is -1.30. The fourth-order valence-electron chi connectivity index (χ4n) is 11.4. The zero-order valence-electron chi connectivity index (χ0n) is 24.5. The molecular weight excluding hydrogens is 486 g/mol. The van der Waals surface area contributed by atoms with Crippen molar-refractivity contribution in [1.82, 2.24) is 4.90 Å². The van der Waals surface area contributed by atoms with Gasteiger partial charge in [0.15, 0.2) is 11.5 Å². The van der Waals surface area contributed by atoms with E-state index < -0.39 is 11.2 Å². The van der Waals surface area contributed by atoms with Gasteiger partial charge in [-0.05, 0) is 94.7 Å². The lowest BCUT2D eigenvalue weighted by molar-refractivity contribution is -0.303. The molecule has 4 bridgehead atoms. The summed E-state index contributed by atoms with van der Waals surface area (Å²) in [6.45, 7) is 4.56. The standard InChI is InChI=1S/C34H49NO4/c1-31(36,14-13-22-7-5-4-6-8-22)26-20-32-15-16-34(26,38-3)30-33(32)17-18-35(21-23-9-10-23)27(32)19-24-11-12-25(37-2)29(39-30)28(24)33/h11-12,22-23,26-27,30,36H,4-10,13-21H2,1-3H3/t26-,27-,30-,31-,32-,33+,34-/m1/s1. The zero-order chi connectivity index (χ0) is 26.6. The number of methoxy groups -OCH3 is 2. The summed E-state index contributed by atoms with van der Waals surface area (Å²) >= 11 is 0. The van der Waals surface area contributed by atoms with Gasteiger partial charge in [-0.25, -0.2) is 0 Å². The van der Waals surface area contributed by atoms with E-state index in [0.29, 0.717) is 6.04 Å². The molecule has 214 valence electrons. The van der Waals surface area contributed by atoms with Gasteiger partial charge in [0.25, 0.3) is 0 Å². The predicted molar refractivity (Wildman–Crippen MR) is 151 cm³/mol. The largest absolute Gasteiger partial charge is 0.493 e. The Labute approximate surface area is 235 Å². The molecule has 1 aromatic rings. The van der Waals surface area contributed by atoms with Gasteiger partial charge < -0.3 is 19.3 Å². The van der Waals surface area contributed by atoms with Crippen LogP contribution in [0.5, 0.6) is 11.5 Å². The predicted octanol–water partition coefficient (Wildman–Crippen LogP) is 6.03. The van der Waals surface area contributed by atoms with Crippen LogP contribution < -0.4 is 9.47 Å². The first-order chi connectivity index (χ1) is 18.9. The van der Waals surface area contributed by atoms with Gasteiger partial charge in [-0.15, -0.1) is 0 Å². The molecule has 0 unspecified atom stereocenters. The van der Waals surface area contributed by atoms with Crippen LogP contribution in [0.25, 0.3) is 0 Å². The van der Waals surface area contributed by atoms with Crippen LogP contribution in [0, 0.1) is 23.2 Å². The van der Waals surface area contributed by atoms with E-state index in [4.69, 9.17) is 14.2 Å². The van der Waals surface area contributed by atoms with Crippen LogP contribution in [0.4, 0.5) is 0 Å². The maximum atomic E-state index is 12.5. The molecule has 5 heteroatoms. The Morgan fingerprint density at radius 3 is 2.62 bits per heavy atom. The summed E-state index contributed by atoms with van der Waals surface area (Å²) in [5.74, 6) is 3.60. The van der Waals surface area contributed by atoms with Gasteiger partial charge in [0, 0.05) is 42.0 Å². The maximum Gasteiger partial charge on any atom is 0.165 e. The van der Waals surface area contributed by atoms with Gasteiger partial charge in [-0.1, -0.05) is 38.2 Å². The molecular formula is C34H49NO4. The second-order valence-corrected chi connectivity index (χ2v) is 15.0. The topological polar surface area (TPSA) is 51.2 Å². The van der Waals surface area contributed by atoms with Crippen molar-refractivity contribution < 1.29 is 19.3 Å². The summed E-state index contributed by atoms with van der Waals surface area (Å²) in [4.78, 5) is 2.89. The lowest BCUT2D eigenvalue weighted by Gasteiger charge is -2.75. The first-order valence-electron chi connectivity index (χ1n) is 16.3. The summed E-state index contributed by atoms with van der Waals surface area (Å²) in [5.41, 5.74) is 1.77. The minimum Gasteiger partial charge on any atom is -0.493 e. The Morgan fingerprint density at radius 1 is 1.05 bits per heavy atom. The molecule has 1 saturated heterocycles. The van der Waals surface area contributed by atoms with Gasteiger partial charge in [-0.2, -0.15) is 0 Å². The minimum atomic E-state index is -0.763. The number of rotatable bonds is 8. The number of ether oxygens (including phenoxy) is 3. The lowest BCUT2D eigenvalue weighted by atomic mass is 9.33. The highest BCUT2D eigenvalue weighted by Gasteiger charge is 2.81. The van der Waals surface area contributed by atoms with Gasteiger partial charge in [-0.3, -0.25) is 4.90 Å². The molecule has 7 atom stereocenters. The average molecular weight is 536 g/mol. The smallest absolute Gasteiger partial charge is 0.165 e. The van der Waals surface area contributed by atoms with Gasteiger partial charge in [0.1, 0.15) is 11.7 Å². The van der Waals surface area contributed by atoms with E-state index in [1.807, 2.05) is 7.11 Å². The molecule has 0 radical (unpaired) electrons. The monoisotopic (exact) mass is 535 g/mol. The number of likely N-dealkylation sites (tertiary alicyclic amines) is 1. The van der Waals surface area contributed by atoms with Crippen molar-refractivity contribution in [3.63, 3.8) is 0 Å². The molecule has 0 aromatic heterocycles. The quantitative estimate of drug-likeness (QED) is 0.440. The second kappa shape index (κ2) is 8.61. The van der Waals surface area contributed by atoms with Crippen molar-refractivity contribution in [1.29, 1.82) is 0 Å². The number of aliphatic hydroxyl groups is 1. The van der Waals surface area contributed by atoms with Crippen LogP contribution in [0.3, 0.4) is 0 Å². The highest BCUT2D eigenvalue weighted by Crippen LogP contribution is 2.77. The first kappa shape index (κ1) is 25.4. The number of fused-ring (bicyclic) bond motifs is 2. The summed E-state index contributed by atoms with van der Waals surface area (Å²) in [6, 6.07) is 5.00. The molecule has 5 nitrogen and oxygen atoms in total.